The molecule has 0 unspecified atom stereocenters. The van der Waals surface area contributed by atoms with E-state index in [2.05, 4.69) is 48.5 Å². The third kappa shape index (κ3) is 4.35. The summed E-state index contributed by atoms with van der Waals surface area (Å²) < 4.78 is 2.24. The number of aromatic nitrogens is 5. The molecule has 4 rings (SSSR count). The molecule has 0 radical (unpaired) electrons. The van der Waals surface area contributed by atoms with Crippen molar-refractivity contribution in [3.05, 3.63) is 35.4 Å². The summed E-state index contributed by atoms with van der Waals surface area (Å²) in [5, 5.41) is 9.10. The molecule has 27 heavy (non-hydrogen) atoms. The van der Waals surface area contributed by atoms with E-state index in [9.17, 15) is 0 Å². The number of aryl methyl sites for hydroxylation is 1. The van der Waals surface area contributed by atoms with Gasteiger partial charge in [-0.1, -0.05) is 6.92 Å². The Labute approximate surface area is 161 Å². The highest BCUT2D eigenvalue weighted by atomic mass is 15.3. The van der Waals surface area contributed by atoms with Crippen LogP contribution in [0.2, 0.25) is 0 Å². The Morgan fingerprint density at radius 2 is 1.70 bits per heavy atom. The molecule has 4 heterocycles. The standard InChI is InChI=1S/C20H31N7/c1-3-18-21-11-16(12-22-18)13-27-10-6-7-17(14-27)20-24-23-19(25(20)2)15-26-8-4-5-9-26/h11-12,17H,3-10,13-15H2,1-2H3/t17-/m0/s1. The molecule has 0 amide bonds. The van der Waals surface area contributed by atoms with Crippen molar-refractivity contribution in [3.8, 4) is 0 Å². The van der Waals surface area contributed by atoms with E-state index in [0.29, 0.717) is 5.92 Å². The third-order valence-corrected chi connectivity index (χ3v) is 5.91. The minimum Gasteiger partial charge on any atom is -0.317 e. The molecule has 0 N–H and O–H groups in total. The van der Waals surface area contributed by atoms with Gasteiger partial charge in [-0.3, -0.25) is 9.80 Å². The quantitative estimate of drug-likeness (QED) is 0.777. The maximum absolute atomic E-state index is 4.58. The fraction of sp³-hybridized carbons (Fsp3) is 0.700. The summed E-state index contributed by atoms with van der Waals surface area (Å²) in [7, 11) is 2.14. The average molecular weight is 370 g/mol. The molecule has 0 bridgehead atoms. The number of piperidine rings is 1. The van der Waals surface area contributed by atoms with Crippen LogP contribution in [0.5, 0.6) is 0 Å². The molecule has 0 aliphatic carbocycles. The fourth-order valence-electron chi connectivity index (χ4n) is 4.32. The zero-order chi connectivity index (χ0) is 18.6. The monoisotopic (exact) mass is 369 g/mol. The van der Waals surface area contributed by atoms with Gasteiger partial charge in [-0.25, -0.2) is 9.97 Å². The van der Waals surface area contributed by atoms with Crippen molar-refractivity contribution in [1.29, 1.82) is 0 Å². The highest BCUT2D eigenvalue weighted by Crippen LogP contribution is 2.27. The summed E-state index contributed by atoms with van der Waals surface area (Å²) in [6, 6.07) is 0. The van der Waals surface area contributed by atoms with Crippen molar-refractivity contribution in [2.24, 2.45) is 7.05 Å². The first kappa shape index (κ1) is 18.5. The first-order valence-corrected chi connectivity index (χ1v) is 10.4. The van der Waals surface area contributed by atoms with E-state index in [4.69, 9.17) is 0 Å². The predicted molar refractivity (Wildman–Crippen MR) is 104 cm³/mol. The van der Waals surface area contributed by atoms with Crippen LogP contribution in [-0.4, -0.2) is 60.7 Å². The van der Waals surface area contributed by atoms with Crippen molar-refractivity contribution in [1.82, 2.24) is 34.5 Å². The molecule has 1 atom stereocenters. The molecule has 0 spiro atoms. The normalized spacial score (nSPS) is 21.8. The fourth-order valence-corrected chi connectivity index (χ4v) is 4.32. The topological polar surface area (TPSA) is 63.0 Å². The van der Waals surface area contributed by atoms with Crippen molar-refractivity contribution >= 4 is 0 Å². The number of rotatable bonds is 6. The van der Waals surface area contributed by atoms with Crippen molar-refractivity contribution in [2.45, 2.75) is 58.0 Å². The summed E-state index contributed by atoms with van der Waals surface area (Å²) in [5.74, 6) is 3.62. The summed E-state index contributed by atoms with van der Waals surface area (Å²) in [6.45, 7) is 8.48. The Hall–Kier alpha value is -1.86. The largest absolute Gasteiger partial charge is 0.317 e. The van der Waals surface area contributed by atoms with Gasteiger partial charge in [0.15, 0.2) is 0 Å². The summed E-state index contributed by atoms with van der Waals surface area (Å²) in [6.07, 6.45) is 9.86. The Balaban J connectivity index is 1.39. The Bertz CT molecular complexity index is 733. The van der Waals surface area contributed by atoms with Gasteiger partial charge in [-0.15, -0.1) is 10.2 Å². The molecular weight excluding hydrogens is 338 g/mol. The van der Waals surface area contributed by atoms with Crippen LogP contribution in [0.4, 0.5) is 0 Å². The van der Waals surface area contributed by atoms with E-state index in [1.165, 1.54) is 44.3 Å². The maximum Gasteiger partial charge on any atom is 0.146 e. The second-order valence-electron chi connectivity index (χ2n) is 7.95. The predicted octanol–water partition coefficient (Wildman–Crippen LogP) is 2.14. The van der Waals surface area contributed by atoms with Crippen LogP contribution in [-0.2, 0) is 26.6 Å². The molecule has 0 saturated carbocycles. The van der Waals surface area contributed by atoms with Crippen molar-refractivity contribution < 1.29 is 0 Å². The van der Waals surface area contributed by atoms with Crippen LogP contribution in [0.25, 0.3) is 0 Å². The van der Waals surface area contributed by atoms with Gasteiger partial charge in [0.25, 0.3) is 0 Å². The second-order valence-corrected chi connectivity index (χ2v) is 7.95. The minimum absolute atomic E-state index is 0.458. The third-order valence-electron chi connectivity index (χ3n) is 5.91. The van der Waals surface area contributed by atoms with Gasteiger partial charge in [-0.2, -0.15) is 0 Å². The van der Waals surface area contributed by atoms with E-state index in [-0.39, 0.29) is 0 Å². The molecule has 2 aliphatic heterocycles. The molecule has 2 saturated heterocycles. The molecule has 0 aromatic carbocycles. The zero-order valence-corrected chi connectivity index (χ0v) is 16.6. The molecule has 2 fully saturated rings. The van der Waals surface area contributed by atoms with Gasteiger partial charge in [0.05, 0.1) is 6.54 Å². The smallest absolute Gasteiger partial charge is 0.146 e. The van der Waals surface area contributed by atoms with Crippen molar-refractivity contribution in [2.75, 3.05) is 26.2 Å². The highest BCUT2D eigenvalue weighted by molar-refractivity contribution is 5.08. The van der Waals surface area contributed by atoms with Crippen LogP contribution in [0, 0.1) is 0 Å². The van der Waals surface area contributed by atoms with Gasteiger partial charge < -0.3 is 4.57 Å². The number of hydrogen-bond acceptors (Lipinski definition) is 6. The first-order chi connectivity index (χ1) is 13.2. The maximum atomic E-state index is 4.58. The van der Waals surface area contributed by atoms with E-state index in [0.717, 1.165) is 50.1 Å². The molecule has 2 aromatic rings. The lowest BCUT2D eigenvalue weighted by atomic mass is 9.97. The van der Waals surface area contributed by atoms with E-state index in [1.807, 2.05) is 12.4 Å². The summed E-state index contributed by atoms with van der Waals surface area (Å²) >= 11 is 0. The molecule has 2 aliphatic rings. The molecule has 2 aromatic heterocycles. The Morgan fingerprint density at radius 3 is 2.44 bits per heavy atom. The van der Waals surface area contributed by atoms with Gasteiger partial charge in [0.1, 0.15) is 17.5 Å². The number of likely N-dealkylation sites (tertiary alicyclic amines) is 2. The Morgan fingerprint density at radius 1 is 0.963 bits per heavy atom. The van der Waals surface area contributed by atoms with Gasteiger partial charge in [0.2, 0.25) is 0 Å². The van der Waals surface area contributed by atoms with Gasteiger partial charge in [0, 0.05) is 50.4 Å². The van der Waals surface area contributed by atoms with Crippen LogP contribution < -0.4 is 0 Å². The zero-order valence-electron chi connectivity index (χ0n) is 16.6. The van der Waals surface area contributed by atoms with Crippen LogP contribution >= 0.6 is 0 Å². The SMILES string of the molecule is CCc1ncc(CN2CCC[C@H](c3nnc(CN4CCCC4)n3C)C2)cn1. The first-order valence-electron chi connectivity index (χ1n) is 10.4. The lowest BCUT2D eigenvalue weighted by molar-refractivity contribution is 0.194. The highest BCUT2D eigenvalue weighted by Gasteiger charge is 2.26. The van der Waals surface area contributed by atoms with Crippen LogP contribution in [0.15, 0.2) is 12.4 Å². The van der Waals surface area contributed by atoms with E-state index < -0.39 is 0 Å². The molecule has 146 valence electrons. The molecule has 7 nitrogen and oxygen atoms in total. The van der Waals surface area contributed by atoms with Crippen LogP contribution in [0.3, 0.4) is 0 Å². The van der Waals surface area contributed by atoms with E-state index in [1.54, 1.807) is 0 Å². The van der Waals surface area contributed by atoms with Crippen LogP contribution in [0.1, 0.15) is 61.6 Å². The minimum atomic E-state index is 0.458. The lowest BCUT2D eigenvalue weighted by Gasteiger charge is -2.32. The summed E-state index contributed by atoms with van der Waals surface area (Å²) in [4.78, 5) is 13.9. The number of hydrogen-bond donors (Lipinski definition) is 0. The van der Waals surface area contributed by atoms with Gasteiger partial charge >= 0.3 is 0 Å². The lowest BCUT2D eigenvalue weighted by Crippen LogP contribution is -2.35. The summed E-state index contributed by atoms with van der Waals surface area (Å²) in [5.41, 5.74) is 1.19. The van der Waals surface area contributed by atoms with Crippen molar-refractivity contribution in [3.63, 3.8) is 0 Å². The average Bonchev–Trinajstić information content (AvgIpc) is 3.33. The Kier molecular flexibility index (Phi) is 5.78. The molecule has 7 heteroatoms. The number of nitrogens with zero attached hydrogens (tertiary/aromatic N) is 7. The van der Waals surface area contributed by atoms with Gasteiger partial charge in [-0.05, 0) is 45.3 Å². The second kappa shape index (κ2) is 8.44. The van der Waals surface area contributed by atoms with E-state index >= 15 is 0 Å². The molecular formula is C20H31N7.